The standard InChI is InChI=1S/C18H28O3/c1-16-9-11-17(12-10-16)19-13-5-2-3-6-14-20-18-8-4-7-15-21-18/h9-12,18H,2-8,13-15H2,1H3. The molecule has 118 valence electrons. The second kappa shape index (κ2) is 9.80. The lowest BCUT2D eigenvalue weighted by Crippen LogP contribution is -2.22. The van der Waals surface area contributed by atoms with E-state index in [2.05, 4.69) is 19.1 Å². The summed E-state index contributed by atoms with van der Waals surface area (Å²) in [5.74, 6) is 0.971. The normalized spacial score (nSPS) is 18.6. The van der Waals surface area contributed by atoms with Crippen LogP contribution in [0.25, 0.3) is 0 Å². The summed E-state index contributed by atoms with van der Waals surface area (Å²) >= 11 is 0. The molecule has 0 saturated carbocycles. The van der Waals surface area contributed by atoms with E-state index in [4.69, 9.17) is 14.2 Å². The van der Waals surface area contributed by atoms with Gasteiger partial charge in [0.05, 0.1) is 6.61 Å². The van der Waals surface area contributed by atoms with Crippen molar-refractivity contribution in [3.63, 3.8) is 0 Å². The molecule has 1 unspecified atom stereocenters. The molecule has 0 amide bonds. The quantitative estimate of drug-likeness (QED) is 0.628. The zero-order valence-corrected chi connectivity index (χ0v) is 13.2. The van der Waals surface area contributed by atoms with Crippen LogP contribution < -0.4 is 4.74 Å². The molecule has 0 spiro atoms. The van der Waals surface area contributed by atoms with E-state index >= 15 is 0 Å². The topological polar surface area (TPSA) is 27.7 Å². The minimum absolute atomic E-state index is 0.0589. The lowest BCUT2D eigenvalue weighted by atomic mass is 10.2. The van der Waals surface area contributed by atoms with Crippen LogP contribution in [0.1, 0.15) is 50.5 Å². The number of benzene rings is 1. The molecule has 0 bridgehead atoms. The lowest BCUT2D eigenvalue weighted by Gasteiger charge is -2.22. The molecule has 0 radical (unpaired) electrons. The Bertz CT molecular complexity index is 369. The minimum Gasteiger partial charge on any atom is -0.494 e. The monoisotopic (exact) mass is 292 g/mol. The van der Waals surface area contributed by atoms with Gasteiger partial charge in [-0.25, -0.2) is 0 Å². The fourth-order valence-corrected chi connectivity index (χ4v) is 2.44. The minimum atomic E-state index is 0.0589. The Hall–Kier alpha value is -1.06. The summed E-state index contributed by atoms with van der Waals surface area (Å²) in [5.41, 5.74) is 1.27. The number of hydrogen-bond donors (Lipinski definition) is 0. The predicted molar refractivity (Wildman–Crippen MR) is 84.7 cm³/mol. The summed E-state index contributed by atoms with van der Waals surface area (Å²) in [5, 5.41) is 0. The number of hydrogen-bond acceptors (Lipinski definition) is 3. The third kappa shape index (κ3) is 6.96. The Balaban J connectivity index is 1.40. The van der Waals surface area contributed by atoms with Crippen LogP contribution in [-0.2, 0) is 9.47 Å². The van der Waals surface area contributed by atoms with Gasteiger partial charge in [0.2, 0.25) is 0 Å². The largest absolute Gasteiger partial charge is 0.494 e. The van der Waals surface area contributed by atoms with Crippen molar-refractivity contribution in [3.05, 3.63) is 29.8 Å². The van der Waals surface area contributed by atoms with Crippen LogP contribution in [0.5, 0.6) is 5.75 Å². The van der Waals surface area contributed by atoms with Crippen molar-refractivity contribution in [1.82, 2.24) is 0 Å². The maximum absolute atomic E-state index is 5.72. The number of aryl methyl sites for hydroxylation is 1. The SMILES string of the molecule is Cc1ccc(OCCCCCCOC2CCCCO2)cc1. The van der Waals surface area contributed by atoms with Gasteiger partial charge in [-0.1, -0.05) is 24.1 Å². The third-order valence-corrected chi connectivity index (χ3v) is 3.77. The van der Waals surface area contributed by atoms with Crippen molar-refractivity contribution in [3.8, 4) is 5.75 Å². The zero-order valence-electron chi connectivity index (χ0n) is 13.2. The molecule has 1 saturated heterocycles. The van der Waals surface area contributed by atoms with E-state index in [1.807, 2.05) is 12.1 Å². The van der Waals surface area contributed by atoms with Gasteiger partial charge in [0, 0.05) is 13.2 Å². The third-order valence-electron chi connectivity index (χ3n) is 3.77. The van der Waals surface area contributed by atoms with Gasteiger partial charge in [-0.2, -0.15) is 0 Å². The molecule has 3 heteroatoms. The van der Waals surface area contributed by atoms with E-state index in [9.17, 15) is 0 Å². The second-order valence-corrected chi connectivity index (χ2v) is 5.74. The molecular formula is C18H28O3. The maximum Gasteiger partial charge on any atom is 0.157 e. The molecule has 1 aliphatic rings. The van der Waals surface area contributed by atoms with Crippen molar-refractivity contribution in [2.45, 2.75) is 58.2 Å². The van der Waals surface area contributed by atoms with Crippen LogP contribution in [0.2, 0.25) is 0 Å². The zero-order chi connectivity index (χ0) is 14.8. The first-order valence-electron chi connectivity index (χ1n) is 8.27. The van der Waals surface area contributed by atoms with Crippen LogP contribution in [0, 0.1) is 6.92 Å². The van der Waals surface area contributed by atoms with E-state index in [0.29, 0.717) is 0 Å². The van der Waals surface area contributed by atoms with E-state index in [-0.39, 0.29) is 6.29 Å². The molecule has 1 aromatic carbocycles. The number of ether oxygens (including phenoxy) is 3. The fourth-order valence-electron chi connectivity index (χ4n) is 2.44. The smallest absolute Gasteiger partial charge is 0.157 e. The molecule has 21 heavy (non-hydrogen) atoms. The van der Waals surface area contributed by atoms with E-state index in [1.54, 1.807) is 0 Å². The highest BCUT2D eigenvalue weighted by atomic mass is 16.7. The van der Waals surface area contributed by atoms with Gasteiger partial charge in [-0.15, -0.1) is 0 Å². The fraction of sp³-hybridized carbons (Fsp3) is 0.667. The predicted octanol–water partition coefficient (Wildman–Crippen LogP) is 4.48. The van der Waals surface area contributed by atoms with Gasteiger partial charge in [0.15, 0.2) is 6.29 Å². The average Bonchev–Trinajstić information content (AvgIpc) is 2.53. The molecule has 1 aliphatic heterocycles. The molecule has 1 fully saturated rings. The van der Waals surface area contributed by atoms with Crippen LogP contribution in [-0.4, -0.2) is 26.1 Å². The molecule has 1 aromatic rings. The molecule has 0 N–H and O–H groups in total. The second-order valence-electron chi connectivity index (χ2n) is 5.74. The summed E-state index contributed by atoms with van der Waals surface area (Å²) in [6.45, 7) is 4.57. The van der Waals surface area contributed by atoms with E-state index in [0.717, 1.165) is 44.8 Å². The number of rotatable bonds is 9. The molecular weight excluding hydrogens is 264 g/mol. The first-order valence-corrected chi connectivity index (χ1v) is 8.27. The van der Waals surface area contributed by atoms with Crippen molar-refractivity contribution in [1.29, 1.82) is 0 Å². The van der Waals surface area contributed by atoms with E-state index < -0.39 is 0 Å². The van der Waals surface area contributed by atoms with Gasteiger partial charge >= 0.3 is 0 Å². The summed E-state index contributed by atoms with van der Waals surface area (Å²) in [6.07, 6.45) is 8.15. The summed E-state index contributed by atoms with van der Waals surface area (Å²) in [7, 11) is 0. The first-order chi connectivity index (χ1) is 10.3. The van der Waals surface area contributed by atoms with Crippen molar-refractivity contribution in [2.24, 2.45) is 0 Å². The Kier molecular flexibility index (Phi) is 7.61. The van der Waals surface area contributed by atoms with E-state index in [1.165, 1.54) is 31.2 Å². The van der Waals surface area contributed by atoms with Crippen LogP contribution >= 0.6 is 0 Å². The molecule has 3 nitrogen and oxygen atoms in total. The summed E-state index contributed by atoms with van der Waals surface area (Å²) in [6, 6.07) is 8.24. The van der Waals surface area contributed by atoms with Crippen molar-refractivity contribution < 1.29 is 14.2 Å². The molecule has 1 atom stereocenters. The molecule has 0 aliphatic carbocycles. The van der Waals surface area contributed by atoms with Crippen molar-refractivity contribution >= 4 is 0 Å². The van der Waals surface area contributed by atoms with Crippen LogP contribution in [0.4, 0.5) is 0 Å². The molecule has 1 heterocycles. The molecule has 2 rings (SSSR count). The van der Waals surface area contributed by atoms with Gasteiger partial charge in [-0.05, 0) is 57.6 Å². The van der Waals surface area contributed by atoms with Gasteiger partial charge in [-0.3, -0.25) is 0 Å². The highest BCUT2D eigenvalue weighted by Gasteiger charge is 2.13. The van der Waals surface area contributed by atoms with Gasteiger partial charge in [0.1, 0.15) is 5.75 Å². The summed E-state index contributed by atoms with van der Waals surface area (Å²) < 4.78 is 17.0. The van der Waals surface area contributed by atoms with Crippen molar-refractivity contribution in [2.75, 3.05) is 19.8 Å². The summed E-state index contributed by atoms with van der Waals surface area (Å²) in [4.78, 5) is 0. The Labute approximate surface area is 128 Å². The van der Waals surface area contributed by atoms with Gasteiger partial charge < -0.3 is 14.2 Å². The van der Waals surface area contributed by atoms with Crippen LogP contribution in [0.3, 0.4) is 0 Å². The Morgan fingerprint density at radius 1 is 1.00 bits per heavy atom. The highest BCUT2D eigenvalue weighted by Crippen LogP contribution is 2.15. The van der Waals surface area contributed by atoms with Crippen LogP contribution in [0.15, 0.2) is 24.3 Å². The maximum atomic E-state index is 5.72. The lowest BCUT2D eigenvalue weighted by molar-refractivity contribution is -0.162. The Morgan fingerprint density at radius 3 is 2.48 bits per heavy atom. The number of unbranched alkanes of at least 4 members (excludes halogenated alkanes) is 3. The average molecular weight is 292 g/mol. The molecule has 0 aromatic heterocycles. The van der Waals surface area contributed by atoms with Gasteiger partial charge in [0.25, 0.3) is 0 Å². The highest BCUT2D eigenvalue weighted by molar-refractivity contribution is 5.26. The Morgan fingerprint density at radius 2 is 1.76 bits per heavy atom. The first kappa shape index (κ1) is 16.3.